The van der Waals surface area contributed by atoms with Gasteiger partial charge in [-0.1, -0.05) is 27.7 Å². The number of nitrogens with one attached hydrogen (secondary N) is 1. The minimum Gasteiger partial charge on any atom is -0.334 e. The van der Waals surface area contributed by atoms with Crippen molar-refractivity contribution in [3.63, 3.8) is 0 Å². The second-order valence-electron chi connectivity index (χ2n) is 5.31. The zero-order chi connectivity index (χ0) is 14.4. The Hall–Kier alpha value is -1.92. The third-order valence-electron chi connectivity index (χ3n) is 2.30. The van der Waals surface area contributed by atoms with Crippen LogP contribution in [0, 0.1) is 11.8 Å². The molecule has 1 heterocycles. The summed E-state index contributed by atoms with van der Waals surface area (Å²) in [5.74, 6) is -0.590. The molecule has 0 radical (unpaired) electrons. The standard InChI is InChI=1S/C12H21N5O2/c1-9(2)5-16(6-10(3)4)12(19)11(18)15-17-7-13-14-8-17/h7-10H,5-6H2,1-4H3,(H,15,18). The molecule has 1 aromatic heterocycles. The van der Waals surface area contributed by atoms with Crippen molar-refractivity contribution < 1.29 is 9.59 Å². The summed E-state index contributed by atoms with van der Waals surface area (Å²) in [6.45, 7) is 9.17. The molecule has 0 atom stereocenters. The predicted octanol–water partition coefficient (Wildman–Crippen LogP) is 0.489. The maximum Gasteiger partial charge on any atom is 0.328 e. The lowest BCUT2D eigenvalue weighted by molar-refractivity contribution is -0.144. The molecule has 0 spiro atoms. The summed E-state index contributed by atoms with van der Waals surface area (Å²) in [5.41, 5.74) is 2.41. The van der Waals surface area contributed by atoms with Gasteiger partial charge in [-0.3, -0.25) is 15.0 Å². The van der Waals surface area contributed by atoms with Crippen LogP contribution >= 0.6 is 0 Å². The van der Waals surface area contributed by atoms with Crippen LogP contribution in [0.25, 0.3) is 0 Å². The molecule has 0 saturated heterocycles. The molecule has 106 valence electrons. The van der Waals surface area contributed by atoms with Crippen molar-refractivity contribution >= 4 is 11.8 Å². The summed E-state index contributed by atoms with van der Waals surface area (Å²) >= 11 is 0. The van der Waals surface area contributed by atoms with Gasteiger partial charge in [-0.2, -0.15) is 0 Å². The lowest BCUT2D eigenvalue weighted by Gasteiger charge is -2.25. The van der Waals surface area contributed by atoms with Gasteiger partial charge in [0.2, 0.25) is 0 Å². The Morgan fingerprint density at radius 2 is 1.58 bits per heavy atom. The van der Waals surface area contributed by atoms with Crippen molar-refractivity contribution in [2.45, 2.75) is 27.7 Å². The van der Waals surface area contributed by atoms with E-state index in [-0.39, 0.29) is 0 Å². The van der Waals surface area contributed by atoms with Crippen LogP contribution in [0.5, 0.6) is 0 Å². The molecule has 0 aliphatic heterocycles. The molecule has 0 bridgehead atoms. The molecule has 7 nitrogen and oxygen atoms in total. The van der Waals surface area contributed by atoms with E-state index >= 15 is 0 Å². The summed E-state index contributed by atoms with van der Waals surface area (Å²) in [6, 6.07) is 0. The van der Waals surface area contributed by atoms with Crippen molar-refractivity contribution in [1.29, 1.82) is 0 Å². The Morgan fingerprint density at radius 1 is 1.11 bits per heavy atom. The number of nitrogens with zero attached hydrogens (tertiary/aromatic N) is 4. The Labute approximate surface area is 113 Å². The van der Waals surface area contributed by atoms with Crippen molar-refractivity contribution in [1.82, 2.24) is 19.8 Å². The zero-order valence-corrected chi connectivity index (χ0v) is 11.8. The molecule has 1 rings (SSSR count). The quantitative estimate of drug-likeness (QED) is 0.787. The fourth-order valence-electron chi connectivity index (χ4n) is 1.69. The molecular weight excluding hydrogens is 246 g/mol. The first-order chi connectivity index (χ1) is 8.90. The Bertz CT molecular complexity index is 404. The smallest absolute Gasteiger partial charge is 0.328 e. The molecule has 0 fully saturated rings. The highest BCUT2D eigenvalue weighted by molar-refractivity contribution is 6.38. The van der Waals surface area contributed by atoms with Crippen molar-refractivity contribution in [2.24, 2.45) is 11.8 Å². The van der Waals surface area contributed by atoms with E-state index in [2.05, 4.69) is 15.6 Å². The van der Waals surface area contributed by atoms with Crippen LogP contribution in [-0.2, 0) is 9.59 Å². The Balaban J connectivity index is 2.66. The van der Waals surface area contributed by atoms with E-state index in [1.807, 2.05) is 27.7 Å². The van der Waals surface area contributed by atoms with Crippen LogP contribution < -0.4 is 5.43 Å². The average molecular weight is 267 g/mol. The van der Waals surface area contributed by atoms with Gasteiger partial charge in [0.25, 0.3) is 0 Å². The lowest BCUT2D eigenvalue weighted by atomic mass is 10.1. The van der Waals surface area contributed by atoms with Crippen molar-refractivity contribution in [3.05, 3.63) is 12.7 Å². The van der Waals surface area contributed by atoms with Gasteiger partial charge in [0.05, 0.1) is 0 Å². The summed E-state index contributed by atoms with van der Waals surface area (Å²) in [7, 11) is 0. The second-order valence-corrected chi connectivity index (χ2v) is 5.31. The van der Waals surface area contributed by atoms with Crippen LogP contribution in [0.4, 0.5) is 0 Å². The highest BCUT2D eigenvalue weighted by Gasteiger charge is 2.23. The van der Waals surface area contributed by atoms with Gasteiger partial charge >= 0.3 is 11.8 Å². The molecule has 1 aromatic rings. The zero-order valence-electron chi connectivity index (χ0n) is 11.8. The highest BCUT2D eigenvalue weighted by atomic mass is 16.2. The fourth-order valence-corrected chi connectivity index (χ4v) is 1.69. The molecule has 0 unspecified atom stereocenters. The van der Waals surface area contributed by atoms with Crippen LogP contribution in [-0.4, -0.2) is 44.7 Å². The van der Waals surface area contributed by atoms with E-state index in [0.717, 1.165) is 0 Å². The second kappa shape index (κ2) is 6.86. The molecule has 0 aliphatic rings. The van der Waals surface area contributed by atoms with Gasteiger partial charge in [-0.15, -0.1) is 10.2 Å². The summed E-state index contributed by atoms with van der Waals surface area (Å²) in [6.07, 6.45) is 2.64. The number of carbonyl (C=O) groups is 2. The maximum atomic E-state index is 12.1. The van der Waals surface area contributed by atoms with Gasteiger partial charge in [0.15, 0.2) is 0 Å². The van der Waals surface area contributed by atoms with E-state index < -0.39 is 11.8 Å². The fraction of sp³-hybridized carbons (Fsp3) is 0.667. The van der Waals surface area contributed by atoms with Crippen LogP contribution in [0.2, 0.25) is 0 Å². The van der Waals surface area contributed by atoms with Crippen LogP contribution in [0.1, 0.15) is 27.7 Å². The molecule has 0 saturated carbocycles. The summed E-state index contributed by atoms with van der Waals surface area (Å²) < 4.78 is 1.25. The molecule has 2 amide bonds. The molecule has 19 heavy (non-hydrogen) atoms. The molecule has 0 aromatic carbocycles. The third-order valence-corrected chi connectivity index (χ3v) is 2.30. The summed E-state index contributed by atoms with van der Waals surface area (Å²) in [5, 5.41) is 7.10. The normalized spacial score (nSPS) is 10.8. The number of hydrogen-bond donors (Lipinski definition) is 1. The average Bonchev–Trinajstić information content (AvgIpc) is 2.78. The molecule has 1 N–H and O–H groups in total. The number of rotatable bonds is 5. The van der Waals surface area contributed by atoms with Gasteiger partial charge in [-0.25, -0.2) is 4.68 Å². The number of carbonyl (C=O) groups excluding carboxylic acids is 2. The first-order valence-corrected chi connectivity index (χ1v) is 6.35. The van der Waals surface area contributed by atoms with E-state index in [4.69, 9.17) is 0 Å². The minimum atomic E-state index is -0.680. The predicted molar refractivity (Wildman–Crippen MR) is 70.6 cm³/mol. The van der Waals surface area contributed by atoms with E-state index in [0.29, 0.717) is 24.9 Å². The topological polar surface area (TPSA) is 80.1 Å². The van der Waals surface area contributed by atoms with E-state index in [1.54, 1.807) is 4.90 Å². The summed E-state index contributed by atoms with van der Waals surface area (Å²) in [4.78, 5) is 25.5. The first kappa shape index (κ1) is 15.1. The molecule has 0 aliphatic carbocycles. The van der Waals surface area contributed by atoms with Crippen molar-refractivity contribution in [3.8, 4) is 0 Å². The highest BCUT2D eigenvalue weighted by Crippen LogP contribution is 2.04. The first-order valence-electron chi connectivity index (χ1n) is 6.35. The van der Waals surface area contributed by atoms with Crippen LogP contribution in [0.3, 0.4) is 0 Å². The monoisotopic (exact) mass is 267 g/mol. The van der Waals surface area contributed by atoms with Gasteiger partial charge in [-0.05, 0) is 11.8 Å². The van der Waals surface area contributed by atoms with Crippen LogP contribution in [0.15, 0.2) is 12.7 Å². The molecular formula is C12H21N5O2. The molecule has 7 heteroatoms. The Morgan fingerprint density at radius 3 is 2.00 bits per heavy atom. The number of hydrogen-bond acceptors (Lipinski definition) is 4. The number of amides is 2. The SMILES string of the molecule is CC(C)CN(CC(C)C)C(=O)C(=O)Nn1cnnc1. The largest absolute Gasteiger partial charge is 0.334 e. The lowest BCUT2D eigenvalue weighted by Crippen LogP contribution is -2.44. The van der Waals surface area contributed by atoms with Gasteiger partial charge < -0.3 is 4.90 Å². The Kier molecular flexibility index (Phi) is 5.47. The van der Waals surface area contributed by atoms with Crippen molar-refractivity contribution in [2.75, 3.05) is 18.5 Å². The minimum absolute atomic E-state index is 0.311. The van der Waals surface area contributed by atoms with Gasteiger partial charge in [0.1, 0.15) is 12.7 Å². The number of aromatic nitrogens is 3. The van der Waals surface area contributed by atoms with E-state index in [9.17, 15) is 9.59 Å². The third kappa shape index (κ3) is 5.07. The van der Waals surface area contributed by atoms with E-state index in [1.165, 1.54) is 17.3 Å². The van der Waals surface area contributed by atoms with Gasteiger partial charge in [0, 0.05) is 13.1 Å². The maximum absolute atomic E-state index is 12.1.